The minimum absolute atomic E-state index is 0.0564. The van der Waals surface area contributed by atoms with Crippen molar-refractivity contribution in [1.82, 2.24) is 26.3 Å². The molecule has 0 aliphatic carbocycles. The van der Waals surface area contributed by atoms with Crippen LogP contribution >= 0.6 is 0 Å². The predicted octanol–water partition coefficient (Wildman–Crippen LogP) is 1.04. The molecule has 1 aliphatic heterocycles. The van der Waals surface area contributed by atoms with Crippen LogP contribution in [0.3, 0.4) is 0 Å². The molecule has 20 heteroatoms. The molecule has 2 heterocycles. The van der Waals surface area contributed by atoms with E-state index in [1.807, 2.05) is 54.6 Å². The first-order valence-corrected chi connectivity index (χ1v) is 20.1. The van der Waals surface area contributed by atoms with Crippen molar-refractivity contribution in [2.24, 2.45) is 5.73 Å². The summed E-state index contributed by atoms with van der Waals surface area (Å²) in [7, 11) is 0. The summed E-state index contributed by atoms with van der Waals surface area (Å²) in [6, 6.07) is 17.4. The van der Waals surface area contributed by atoms with Crippen molar-refractivity contribution < 1.29 is 53.3 Å². The first-order valence-electron chi connectivity index (χ1n) is 20.1. The molecular formula is C42H52N8O12. The van der Waals surface area contributed by atoms with Crippen molar-refractivity contribution in [2.45, 2.75) is 95.5 Å². The number of ether oxygens (including phenoxy) is 3. The average Bonchev–Trinajstić information content (AvgIpc) is 3.25. The molecule has 1 unspecified atom stereocenters. The number of nitrogens with two attached hydrogens (primary N) is 1. The number of aliphatic hydroxyl groups excluding tert-OH is 2. The predicted molar refractivity (Wildman–Crippen MR) is 225 cm³/mol. The van der Waals surface area contributed by atoms with Crippen LogP contribution in [0, 0.1) is 10.1 Å². The number of primary amides is 1. The Morgan fingerprint density at radius 2 is 1.66 bits per heavy atom. The number of amides is 5. The number of nitrogens with one attached hydrogen (secondary N) is 5. The maximum atomic E-state index is 13.3. The van der Waals surface area contributed by atoms with Gasteiger partial charge in [0.05, 0.1) is 34.9 Å². The van der Waals surface area contributed by atoms with Crippen LogP contribution < -0.4 is 32.3 Å². The van der Waals surface area contributed by atoms with Gasteiger partial charge in [-0.1, -0.05) is 54.6 Å². The van der Waals surface area contributed by atoms with Gasteiger partial charge in [0.15, 0.2) is 6.29 Å². The van der Waals surface area contributed by atoms with Crippen LogP contribution in [0.5, 0.6) is 0 Å². The summed E-state index contributed by atoms with van der Waals surface area (Å²) in [5, 5.41) is 47.5. The number of hydrogen-bond donors (Lipinski definition) is 8. The van der Waals surface area contributed by atoms with Crippen molar-refractivity contribution in [3.8, 4) is 0 Å². The Bertz CT molecular complexity index is 2230. The number of fused-ring (bicyclic) bond motifs is 2. The maximum absolute atomic E-state index is 13.3. The number of pyridine rings is 1. The lowest BCUT2D eigenvalue weighted by Gasteiger charge is -2.44. The summed E-state index contributed by atoms with van der Waals surface area (Å²) in [6.07, 6.45) is -6.39. The van der Waals surface area contributed by atoms with E-state index < -0.39 is 89.9 Å². The fourth-order valence-corrected chi connectivity index (χ4v) is 6.94. The fraction of sp³-hybridized carbons (Fsp3) is 0.429. The van der Waals surface area contributed by atoms with Crippen LogP contribution in [0.1, 0.15) is 45.6 Å². The van der Waals surface area contributed by atoms with E-state index >= 15 is 0 Å². The number of benzene rings is 3. The molecule has 9 N–H and O–H groups in total. The highest BCUT2D eigenvalue weighted by atomic mass is 16.7. The Kier molecular flexibility index (Phi) is 16.6. The summed E-state index contributed by atoms with van der Waals surface area (Å²) in [6.45, 7) is 3.95. The van der Waals surface area contributed by atoms with Crippen LogP contribution in [-0.4, -0.2) is 118 Å². The van der Waals surface area contributed by atoms with Gasteiger partial charge in [-0.15, -0.1) is 0 Å². The Hall–Kier alpha value is -6.32. The number of aliphatic hydroxyl groups is 2. The topological polar surface area (TPSA) is 296 Å². The molecule has 332 valence electrons. The Balaban J connectivity index is 1.10. The second-order valence-electron chi connectivity index (χ2n) is 14.8. The second-order valence-corrected chi connectivity index (χ2v) is 14.8. The van der Waals surface area contributed by atoms with Gasteiger partial charge in [-0.2, -0.15) is 0 Å². The molecule has 4 aromatic rings. The molecule has 1 aliphatic rings. The number of carbonyl (C=O) groups is 5. The van der Waals surface area contributed by atoms with E-state index in [-0.39, 0.29) is 31.7 Å². The molecule has 5 rings (SSSR count). The van der Waals surface area contributed by atoms with E-state index in [4.69, 9.17) is 19.9 Å². The number of nitrogens with zero attached hydrogens (tertiary/aromatic N) is 2. The van der Waals surface area contributed by atoms with Crippen molar-refractivity contribution >= 4 is 62.7 Å². The monoisotopic (exact) mass is 860 g/mol. The number of anilines is 1. The highest BCUT2D eigenvalue weighted by Gasteiger charge is 2.48. The minimum Gasteiger partial charge on any atom is -0.394 e. The number of para-hydroxylation sites is 1. The summed E-state index contributed by atoms with van der Waals surface area (Å²) in [4.78, 5) is 79.5. The highest BCUT2D eigenvalue weighted by molar-refractivity contribution is 6.11. The molecule has 62 heavy (non-hydrogen) atoms. The molecule has 0 radical (unpaired) electrons. The third-order valence-electron chi connectivity index (χ3n) is 10.1. The molecule has 1 aromatic heterocycles. The standard InChI is InChI=1S/C42H52N8O12/c1-23(46-41(57)24(2)61-38-36(47-25(3)52)42(62-32(21-51)37(38)54)60-22-26-11-5-4-6-12-26)40(56)49-30(39(43)55)17-18-33(53)44-19-10-20-45-35-27-13-7-8-14-28(27)48-29-15-9-16-31(34(29)35)50(58)59/h4-9,11-16,23-24,30,32,36-38,42,51,54H,10,17-22H2,1-3H3,(H2,43,55)(H,44,53)(H,45,48)(H,46,57)(H,47,52)(H,49,56)/t23-,24?,30+,32+,36+,37+,38+,42-/m0/s1. The molecule has 0 bridgehead atoms. The van der Waals surface area contributed by atoms with E-state index in [1.165, 1.54) is 26.8 Å². The van der Waals surface area contributed by atoms with Gasteiger partial charge >= 0.3 is 0 Å². The normalized spacial score (nSPS) is 20.0. The Morgan fingerprint density at radius 1 is 0.952 bits per heavy atom. The van der Waals surface area contributed by atoms with E-state index in [9.17, 15) is 44.3 Å². The Labute approximate surface area is 356 Å². The van der Waals surface area contributed by atoms with Crippen molar-refractivity contribution in [3.63, 3.8) is 0 Å². The Morgan fingerprint density at radius 3 is 2.35 bits per heavy atom. The van der Waals surface area contributed by atoms with Crippen molar-refractivity contribution in [3.05, 3.63) is 88.5 Å². The van der Waals surface area contributed by atoms with Gasteiger partial charge in [0.25, 0.3) is 5.69 Å². The van der Waals surface area contributed by atoms with Gasteiger partial charge < -0.3 is 56.7 Å². The van der Waals surface area contributed by atoms with Gasteiger partial charge in [-0.3, -0.25) is 34.1 Å². The smallest absolute Gasteiger partial charge is 0.280 e. The quantitative estimate of drug-likeness (QED) is 0.0252. The third kappa shape index (κ3) is 12.2. The lowest BCUT2D eigenvalue weighted by atomic mass is 9.96. The van der Waals surface area contributed by atoms with Crippen LogP contribution in [0.25, 0.3) is 21.8 Å². The van der Waals surface area contributed by atoms with E-state index in [0.29, 0.717) is 40.5 Å². The van der Waals surface area contributed by atoms with Crippen LogP contribution in [-0.2, 0) is 44.8 Å². The van der Waals surface area contributed by atoms with Gasteiger partial charge in [0.2, 0.25) is 29.5 Å². The molecule has 0 spiro atoms. The zero-order valence-corrected chi connectivity index (χ0v) is 34.4. The van der Waals surface area contributed by atoms with Crippen LogP contribution in [0.15, 0.2) is 72.8 Å². The molecule has 1 fully saturated rings. The number of nitro groups is 1. The summed E-state index contributed by atoms with van der Waals surface area (Å²) in [5.41, 5.74) is 7.91. The first kappa shape index (κ1) is 46.7. The minimum atomic E-state index is -1.51. The van der Waals surface area contributed by atoms with Gasteiger partial charge in [-0.05, 0) is 44.4 Å². The van der Waals surface area contributed by atoms with Gasteiger partial charge in [0.1, 0.15) is 47.9 Å². The first-order chi connectivity index (χ1) is 29.7. The number of rotatable bonds is 21. The number of non-ortho nitro benzene ring substituents is 1. The molecular weight excluding hydrogens is 809 g/mol. The summed E-state index contributed by atoms with van der Waals surface area (Å²) >= 11 is 0. The molecule has 1 saturated heterocycles. The lowest BCUT2D eigenvalue weighted by Crippen LogP contribution is -2.66. The average molecular weight is 861 g/mol. The molecule has 20 nitrogen and oxygen atoms in total. The molecule has 0 saturated carbocycles. The summed E-state index contributed by atoms with van der Waals surface area (Å²) < 4.78 is 17.6. The van der Waals surface area contributed by atoms with Gasteiger partial charge in [-0.25, -0.2) is 4.98 Å². The number of hydrogen-bond acceptors (Lipinski definition) is 14. The maximum Gasteiger partial charge on any atom is 0.280 e. The van der Waals surface area contributed by atoms with Crippen molar-refractivity contribution in [2.75, 3.05) is 25.0 Å². The largest absolute Gasteiger partial charge is 0.394 e. The molecule has 8 atom stereocenters. The number of nitro benzene ring substituents is 1. The summed E-state index contributed by atoms with van der Waals surface area (Å²) in [5.74, 6) is -3.40. The molecule has 3 aromatic carbocycles. The van der Waals surface area contributed by atoms with E-state index in [1.54, 1.807) is 12.1 Å². The van der Waals surface area contributed by atoms with E-state index in [2.05, 4.69) is 31.6 Å². The van der Waals surface area contributed by atoms with Crippen LogP contribution in [0.2, 0.25) is 0 Å². The zero-order valence-electron chi connectivity index (χ0n) is 34.4. The SMILES string of the molecule is CC(=O)N[C@H]1[C@@H](OCc2ccccc2)O[C@H](CO)[C@@H](O)[C@@H]1OC(C)C(=O)N[C@@H](C)C(=O)N[C@H](CCC(=O)NCCCNc1c2ccccc2nc2cccc([N+](=O)[O-])c12)C(N)=O. The van der Waals surface area contributed by atoms with Gasteiger partial charge in [0, 0.05) is 37.9 Å². The third-order valence-corrected chi connectivity index (χ3v) is 10.1. The second kappa shape index (κ2) is 22.0. The lowest BCUT2D eigenvalue weighted by molar-refractivity contribution is -0.383. The van der Waals surface area contributed by atoms with E-state index in [0.717, 1.165) is 5.56 Å². The number of carbonyl (C=O) groups excluding carboxylic acids is 5. The molecule has 5 amide bonds. The number of aromatic nitrogens is 1. The fourth-order valence-electron chi connectivity index (χ4n) is 6.94. The highest BCUT2D eigenvalue weighted by Crippen LogP contribution is 2.36. The van der Waals surface area contributed by atoms with Crippen LogP contribution in [0.4, 0.5) is 11.4 Å². The van der Waals surface area contributed by atoms with Crippen molar-refractivity contribution in [1.29, 1.82) is 0 Å². The zero-order chi connectivity index (χ0) is 44.9.